The molecule has 0 N–H and O–H groups in total. The molecule has 0 bridgehead atoms. The Kier molecular flexibility index (Phi) is 4.08. The second-order valence-electron chi connectivity index (χ2n) is 7.96. The van der Waals surface area contributed by atoms with Gasteiger partial charge in [0.15, 0.2) is 11.5 Å². The SMILES string of the molecule is c1cc2nnc(C3CCN(C4CCCC4)CC3)n2nc1N1CCCC1. The van der Waals surface area contributed by atoms with Crippen molar-refractivity contribution in [3.63, 3.8) is 0 Å². The zero-order valence-corrected chi connectivity index (χ0v) is 15.0. The summed E-state index contributed by atoms with van der Waals surface area (Å²) in [5.74, 6) is 2.64. The molecule has 25 heavy (non-hydrogen) atoms. The Bertz CT molecular complexity index is 721. The Morgan fingerprint density at radius 3 is 2.32 bits per heavy atom. The number of hydrogen-bond donors (Lipinski definition) is 0. The first-order chi connectivity index (χ1) is 12.4. The van der Waals surface area contributed by atoms with E-state index in [1.807, 2.05) is 4.52 Å². The Balaban J connectivity index is 1.35. The fraction of sp³-hybridized carbons (Fsp3) is 0.737. The van der Waals surface area contributed by atoms with Crippen LogP contribution in [-0.4, -0.2) is 56.9 Å². The number of fused-ring (bicyclic) bond motifs is 1. The summed E-state index contributed by atoms with van der Waals surface area (Å²) in [7, 11) is 0. The number of likely N-dealkylation sites (tertiary alicyclic amines) is 1. The molecule has 6 nitrogen and oxygen atoms in total. The first-order valence-electron chi connectivity index (χ1n) is 10.1. The van der Waals surface area contributed by atoms with Gasteiger partial charge >= 0.3 is 0 Å². The molecule has 2 aromatic heterocycles. The molecule has 2 saturated heterocycles. The van der Waals surface area contributed by atoms with Crippen molar-refractivity contribution >= 4 is 11.5 Å². The van der Waals surface area contributed by atoms with Crippen LogP contribution in [0.1, 0.15) is 63.1 Å². The molecule has 1 saturated carbocycles. The van der Waals surface area contributed by atoms with Crippen LogP contribution in [0, 0.1) is 0 Å². The monoisotopic (exact) mass is 340 g/mol. The number of nitrogens with zero attached hydrogens (tertiary/aromatic N) is 6. The zero-order chi connectivity index (χ0) is 16.6. The second-order valence-corrected chi connectivity index (χ2v) is 7.96. The van der Waals surface area contributed by atoms with Gasteiger partial charge in [0.2, 0.25) is 0 Å². The van der Waals surface area contributed by atoms with E-state index in [1.54, 1.807) is 0 Å². The van der Waals surface area contributed by atoms with Gasteiger partial charge in [-0.2, -0.15) is 4.52 Å². The van der Waals surface area contributed by atoms with E-state index in [2.05, 4.69) is 32.1 Å². The Hall–Kier alpha value is -1.69. The van der Waals surface area contributed by atoms with Gasteiger partial charge in [0.25, 0.3) is 0 Å². The summed E-state index contributed by atoms with van der Waals surface area (Å²) in [6.45, 7) is 4.65. The maximum atomic E-state index is 4.89. The molecule has 0 radical (unpaired) electrons. The molecule has 3 fully saturated rings. The van der Waals surface area contributed by atoms with Crippen molar-refractivity contribution in [3.05, 3.63) is 18.0 Å². The highest BCUT2D eigenvalue weighted by molar-refractivity contribution is 5.46. The summed E-state index contributed by atoms with van der Waals surface area (Å²) in [6, 6.07) is 5.02. The van der Waals surface area contributed by atoms with Crippen molar-refractivity contribution in [2.45, 2.75) is 63.3 Å². The van der Waals surface area contributed by atoms with Crippen LogP contribution in [-0.2, 0) is 0 Å². The predicted octanol–water partition coefficient (Wildman–Crippen LogP) is 2.85. The van der Waals surface area contributed by atoms with Crippen LogP contribution in [0.5, 0.6) is 0 Å². The summed E-state index contributed by atoms with van der Waals surface area (Å²) >= 11 is 0. The number of aromatic nitrogens is 4. The zero-order valence-electron chi connectivity index (χ0n) is 15.0. The minimum absolute atomic E-state index is 0.494. The summed E-state index contributed by atoms with van der Waals surface area (Å²) < 4.78 is 2.02. The molecule has 2 aliphatic heterocycles. The topological polar surface area (TPSA) is 49.6 Å². The first-order valence-corrected chi connectivity index (χ1v) is 10.1. The van der Waals surface area contributed by atoms with E-state index in [9.17, 15) is 0 Å². The lowest BCUT2D eigenvalue weighted by molar-refractivity contribution is 0.151. The van der Waals surface area contributed by atoms with Gasteiger partial charge in [-0.1, -0.05) is 12.8 Å². The van der Waals surface area contributed by atoms with E-state index in [-0.39, 0.29) is 0 Å². The standard InChI is InChI=1S/C19H28N6/c1-2-6-16(5-1)23-13-9-15(10-14-23)19-21-20-17-7-8-18(22-25(17)19)24-11-3-4-12-24/h7-8,15-16H,1-6,9-14H2. The van der Waals surface area contributed by atoms with E-state index in [4.69, 9.17) is 5.10 Å². The fourth-order valence-electron chi connectivity index (χ4n) is 4.96. The highest BCUT2D eigenvalue weighted by Gasteiger charge is 2.30. The normalized spacial score (nSPS) is 23.9. The smallest absolute Gasteiger partial charge is 0.178 e. The van der Waals surface area contributed by atoms with Gasteiger partial charge < -0.3 is 9.80 Å². The van der Waals surface area contributed by atoms with E-state index >= 15 is 0 Å². The van der Waals surface area contributed by atoms with Gasteiger partial charge in [-0.3, -0.25) is 0 Å². The largest absolute Gasteiger partial charge is 0.355 e. The molecule has 0 unspecified atom stereocenters. The van der Waals surface area contributed by atoms with E-state index in [1.165, 1.54) is 64.5 Å². The Morgan fingerprint density at radius 1 is 0.800 bits per heavy atom. The lowest BCUT2D eigenvalue weighted by Crippen LogP contribution is -2.39. The van der Waals surface area contributed by atoms with Crippen molar-refractivity contribution in [1.29, 1.82) is 0 Å². The third-order valence-electron chi connectivity index (χ3n) is 6.44. The average molecular weight is 340 g/mol. The van der Waals surface area contributed by atoms with Gasteiger partial charge in [0, 0.05) is 25.0 Å². The third kappa shape index (κ3) is 2.90. The number of rotatable bonds is 3. The lowest BCUT2D eigenvalue weighted by atomic mass is 9.95. The quantitative estimate of drug-likeness (QED) is 0.860. The van der Waals surface area contributed by atoms with Crippen LogP contribution in [0.25, 0.3) is 5.65 Å². The predicted molar refractivity (Wildman–Crippen MR) is 98.0 cm³/mol. The van der Waals surface area contributed by atoms with E-state index in [0.29, 0.717) is 5.92 Å². The molecule has 4 heterocycles. The van der Waals surface area contributed by atoms with Crippen molar-refractivity contribution in [3.8, 4) is 0 Å². The molecule has 0 atom stereocenters. The summed E-state index contributed by atoms with van der Waals surface area (Å²) in [6.07, 6.45) is 10.6. The minimum atomic E-state index is 0.494. The Morgan fingerprint density at radius 2 is 1.56 bits per heavy atom. The third-order valence-corrected chi connectivity index (χ3v) is 6.44. The number of piperidine rings is 1. The lowest BCUT2D eigenvalue weighted by Gasteiger charge is -2.35. The molecule has 0 aromatic carbocycles. The van der Waals surface area contributed by atoms with Gasteiger partial charge in [-0.15, -0.1) is 15.3 Å². The highest BCUT2D eigenvalue weighted by Crippen LogP contribution is 2.32. The first kappa shape index (κ1) is 15.6. The van der Waals surface area contributed by atoms with Crippen molar-refractivity contribution in [2.75, 3.05) is 31.1 Å². The van der Waals surface area contributed by atoms with Crippen LogP contribution >= 0.6 is 0 Å². The molecule has 1 aliphatic carbocycles. The van der Waals surface area contributed by atoms with Crippen LogP contribution in [0.4, 0.5) is 5.82 Å². The van der Waals surface area contributed by atoms with Gasteiger partial charge in [-0.25, -0.2) is 0 Å². The number of hydrogen-bond acceptors (Lipinski definition) is 5. The van der Waals surface area contributed by atoms with Gasteiger partial charge in [0.05, 0.1) is 0 Å². The van der Waals surface area contributed by atoms with Crippen molar-refractivity contribution in [2.24, 2.45) is 0 Å². The van der Waals surface area contributed by atoms with E-state index in [0.717, 1.165) is 36.4 Å². The van der Waals surface area contributed by atoms with Crippen LogP contribution in [0.2, 0.25) is 0 Å². The summed E-state index contributed by atoms with van der Waals surface area (Å²) in [5, 5.41) is 13.8. The van der Waals surface area contributed by atoms with Crippen LogP contribution in [0.3, 0.4) is 0 Å². The molecule has 0 amide bonds. The second kappa shape index (κ2) is 6.56. The molecule has 2 aromatic rings. The van der Waals surface area contributed by atoms with Crippen LogP contribution in [0.15, 0.2) is 12.1 Å². The average Bonchev–Trinajstić information content (AvgIpc) is 3.42. The molecule has 3 aliphatic rings. The molecule has 0 spiro atoms. The molecule has 5 rings (SSSR count). The van der Waals surface area contributed by atoms with Crippen molar-refractivity contribution < 1.29 is 0 Å². The number of anilines is 1. The minimum Gasteiger partial charge on any atom is -0.355 e. The van der Waals surface area contributed by atoms with Crippen LogP contribution < -0.4 is 4.90 Å². The fourth-order valence-corrected chi connectivity index (χ4v) is 4.96. The summed E-state index contributed by atoms with van der Waals surface area (Å²) in [5.41, 5.74) is 0.885. The summed E-state index contributed by atoms with van der Waals surface area (Å²) in [4.78, 5) is 5.10. The molecule has 6 heteroatoms. The van der Waals surface area contributed by atoms with Gasteiger partial charge in [-0.05, 0) is 63.7 Å². The van der Waals surface area contributed by atoms with Crippen molar-refractivity contribution in [1.82, 2.24) is 24.7 Å². The highest BCUT2D eigenvalue weighted by atomic mass is 15.4. The van der Waals surface area contributed by atoms with Gasteiger partial charge in [0.1, 0.15) is 5.82 Å². The Labute approximate surface area is 149 Å². The molecular weight excluding hydrogens is 312 g/mol. The maximum Gasteiger partial charge on any atom is 0.178 e. The maximum absolute atomic E-state index is 4.89. The van der Waals surface area contributed by atoms with E-state index < -0.39 is 0 Å². The molecule has 134 valence electrons. The molecular formula is C19H28N6.